The van der Waals surface area contributed by atoms with E-state index in [9.17, 15) is 4.79 Å². The zero-order chi connectivity index (χ0) is 20.1. The third-order valence-corrected chi connectivity index (χ3v) is 4.59. The van der Waals surface area contributed by atoms with Gasteiger partial charge in [0, 0.05) is 28.9 Å². The van der Waals surface area contributed by atoms with Crippen LogP contribution < -0.4 is 14.8 Å². The number of hydrogen-bond acceptors (Lipinski definition) is 7. The summed E-state index contributed by atoms with van der Waals surface area (Å²) in [5.41, 5.74) is 1.31. The standard InChI is InChI=1S/C21H16N4O3S/c1-27-17-5-2-4-15(12-17)19-23-21(29-25-19)24-20(26)14-7-9-16(10-8-14)28-18-6-3-11-22-13-18/h2-13H,1H3,(H,23,24,25,26). The lowest BCUT2D eigenvalue weighted by molar-refractivity contribution is 0.102. The molecule has 0 unspecified atom stereocenters. The molecule has 0 atom stereocenters. The third kappa shape index (κ3) is 4.56. The van der Waals surface area contributed by atoms with Crippen LogP contribution in [0.3, 0.4) is 0 Å². The van der Waals surface area contributed by atoms with E-state index in [1.807, 2.05) is 30.3 Å². The first-order valence-electron chi connectivity index (χ1n) is 8.69. The van der Waals surface area contributed by atoms with E-state index in [2.05, 4.69) is 19.7 Å². The number of methoxy groups -OCH3 is 1. The maximum atomic E-state index is 12.5. The summed E-state index contributed by atoms with van der Waals surface area (Å²) in [6, 6.07) is 17.9. The molecule has 2 aromatic heterocycles. The number of hydrogen-bond donors (Lipinski definition) is 1. The Balaban J connectivity index is 1.42. The van der Waals surface area contributed by atoms with Gasteiger partial charge in [-0.3, -0.25) is 15.1 Å². The van der Waals surface area contributed by atoms with Gasteiger partial charge in [-0.25, -0.2) is 0 Å². The van der Waals surface area contributed by atoms with E-state index in [1.165, 1.54) is 0 Å². The Bertz CT molecular complexity index is 1110. The molecule has 0 saturated heterocycles. The zero-order valence-electron chi connectivity index (χ0n) is 15.4. The number of aromatic nitrogens is 3. The second-order valence-corrected chi connectivity index (χ2v) is 6.68. The molecule has 8 heteroatoms. The van der Waals surface area contributed by atoms with Crippen LogP contribution in [0, 0.1) is 0 Å². The molecule has 2 aromatic carbocycles. The van der Waals surface area contributed by atoms with Gasteiger partial charge in [-0.05, 0) is 48.5 Å². The number of amides is 1. The van der Waals surface area contributed by atoms with E-state index in [1.54, 1.807) is 49.8 Å². The van der Waals surface area contributed by atoms with Crippen LogP contribution in [0.2, 0.25) is 0 Å². The van der Waals surface area contributed by atoms with Gasteiger partial charge < -0.3 is 9.47 Å². The highest BCUT2D eigenvalue weighted by Crippen LogP contribution is 2.25. The van der Waals surface area contributed by atoms with Gasteiger partial charge in [0.2, 0.25) is 5.13 Å². The first-order chi connectivity index (χ1) is 14.2. The number of benzene rings is 2. The van der Waals surface area contributed by atoms with Gasteiger partial charge in [-0.2, -0.15) is 9.36 Å². The highest BCUT2D eigenvalue weighted by atomic mass is 32.1. The lowest BCUT2D eigenvalue weighted by atomic mass is 10.2. The fourth-order valence-corrected chi connectivity index (χ4v) is 3.13. The van der Waals surface area contributed by atoms with Crippen molar-refractivity contribution in [1.82, 2.24) is 14.3 Å². The molecule has 0 saturated carbocycles. The molecular weight excluding hydrogens is 388 g/mol. The predicted octanol–water partition coefficient (Wildman–Crippen LogP) is 4.65. The van der Waals surface area contributed by atoms with Gasteiger partial charge in [0.25, 0.3) is 5.91 Å². The molecule has 0 aliphatic carbocycles. The number of pyridine rings is 1. The molecule has 0 spiro atoms. The van der Waals surface area contributed by atoms with E-state index < -0.39 is 0 Å². The predicted molar refractivity (Wildman–Crippen MR) is 111 cm³/mol. The fourth-order valence-electron chi connectivity index (χ4n) is 2.54. The molecular formula is C21H16N4O3S. The average Bonchev–Trinajstić information content (AvgIpc) is 3.23. The van der Waals surface area contributed by atoms with Crippen LogP contribution in [0.5, 0.6) is 17.2 Å². The van der Waals surface area contributed by atoms with Crippen LogP contribution in [-0.4, -0.2) is 27.4 Å². The third-order valence-electron chi connectivity index (χ3n) is 3.96. The van der Waals surface area contributed by atoms with E-state index in [-0.39, 0.29) is 5.91 Å². The van der Waals surface area contributed by atoms with Crippen LogP contribution in [0.15, 0.2) is 73.1 Å². The van der Waals surface area contributed by atoms with Crippen molar-refractivity contribution in [1.29, 1.82) is 0 Å². The molecule has 7 nitrogen and oxygen atoms in total. The minimum atomic E-state index is -0.272. The normalized spacial score (nSPS) is 10.4. The monoisotopic (exact) mass is 404 g/mol. The molecule has 29 heavy (non-hydrogen) atoms. The Hall–Kier alpha value is -3.78. The zero-order valence-corrected chi connectivity index (χ0v) is 16.2. The topological polar surface area (TPSA) is 86.2 Å². The molecule has 1 amide bonds. The molecule has 144 valence electrons. The first-order valence-corrected chi connectivity index (χ1v) is 9.46. The summed E-state index contributed by atoms with van der Waals surface area (Å²) in [5, 5.41) is 3.19. The highest BCUT2D eigenvalue weighted by Gasteiger charge is 2.12. The lowest BCUT2D eigenvalue weighted by Crippen LogP contribution is -2.11. The van der Waals surface area contributed by atoms with Crippen molar-refractivity contribution < 1.29 is 14.3 Å². The average molecular weight is 404 g/mol. The first kappa shape index (κ1) is 18.6. The van der Waals surface area contributed by atoms with Crippen molar-refractivity contribution in [2.24, 2.45) is 0 Å². The van der Waals surface area contributed by atoms with Crippen molar-refractivity contribution in [2.75, 3.05) is 12.4 Å². The summed E-state index contributed by atoms with van der Waals surface area (Å²) >= 11 is 1.12. The minimum absolute atomic E-state index is 0.272. The van der Waals surface area contributed by atoms with E-state index in [4.69, 9.17) is 9.47 Å². The summed E-state index contributed by atoms with van der Waals surface area (Å²) in [5.74, 6) is 2.22. The van der Waals surface area contributed by atoms with Crippen LogP contribution in [0.1, 0.15) is 10.4 Å². The van der Waals surface area contributed by atoms with Gasteiger partial charge in [-0.1, -0.05) is 12.1 Å². The van der Waals surface area contributed by atoms with Crippen molar-refractivity contribution in [2.45, 2.75) is 0 Å². The Morgan fingerprint density at radius 3 is 2.59 bits per heavy atom. The van der Waals surface area contributed by atoms with Gasteiger partial charge in [0.1, 0.15) is 17.2 Å². The summed E-state index contributed by atoms with van der Waals surface area (Å²) in [4.78, 5) is 20.9. The number of carbonyl (C=O) groups is 1. The van der Waals surface area contributed by atoms with Gasteiger partial charge in [0.15, 0.2) is 5.82 Å². The van der Waals surface area contributed by atoms with Crippen LogP contribution in [-0.2, 0) is 0 Å². The van der Waals surface area contributed by atoms with Crippen molar-refractivity contribution >= 4 is 22.6 Å². The molecule has 0 bridgehead atoms. The Morgan fingerprint density at radius 1 is 1.00 bits per heavy atom. The number of nitrogens with zero attached hydrogens (tertiary/aromatic N) is 3. The highest BCUT2D eigenvalue weighted by molar-refractivity contribution is 7.10. The molecule has 0 fully saturated rings. The van der Waals surface area contributed by atoms with Gasteiger partial charge in [-0.15, -0.1) is 0 Å². The minimum Gasteiger partial charge on any atom is -0.497 e. The molecule has 2 heterocycles. The number of carbonyl (C=O) groups excluding carboxylic acids is 1. The molecule has 4 aromatic rings. The van der Waals surface area contributed by atoms with E-state index in [0.29, 0.717) is 28.0 Å². The quantitative estimate of drug-likeness (QED) is 0.503. The van der Waals surface area contributed by atoms with Gasteiger partial charge in [0.05, 0.1) is 13.3 Å². The maximum absolute atomic E-state index is 12.5. The molecule has 1 N–H and O–H groups in total. The van der Waals surface area contributed by atoms with Crippen molar-refractivity contribution in [3.63, 3.8) is 0 Å². The summed E-state index contributed by atoms with van der Waals surface area (Å²) in [6.45, 7) is 0. The molecule has 0 aliphatic heterocycles. The fraction of sp³-hybridized carbons (Fsp3) is 0.0476. The molecule has 0 aliphatic rings. The number of anilines is 1. The second-order valence-electron chi connectivity index (χ2n) is 5.92. The largest absolute Gasteiger partial charge is 0.497 e. The summed E-state index contributed by atoms with van der Waals surface area (Å²) in [7, 11) is 1.60. The smallest absolute Gasteiger partial charge is 0.257 e. The number of rotatable bonds is 6. The Morgan fingerprint density at radius 2 is 1.83 bits per heavy atom. The lowest BCUT2D eigenvalue weighted by Gasteiger charge is -2.06. The van der Waals surface area contributed by atoms with Gasteiger partial charge >= 0.3 is 0 Å². The maximum Gasteiger partial charge on any atom is 0.257 e. The summed E-state index contributed by atoms with van der Waals surface area (Å²) in [6.07, 6.45) is 3.30. The summed E-state index contributed by atoms with van der Waals surface area (Å²) < 4.78 is 15.2. The molecule has 4 rings (SSSR count). The van der Waals surface area contributed by atoms with Crippen LogP contribution in [0.25, 0.3) is 11.4 Å². The number of ether oxygens (including phenoxy) is 2. The second kappa shape index (κ2) is 8.49. The van der Waals surface area contributed by atoms with Crippen LogP contribution in [0.4, 0.5) is 5.13 Å². The van der Waals surface area contributed by atoms with Crippen molar-refractivity contribution in [3.8, 4) is 28.6 Å². The van der Waals surface area contributed by atoms with E-state index in [0.717, 1.165) is 22.8 Å². The number of nitrogens with one attached hydrogen (secondary N) is 1. The SMILES string of the molecule is COc1cccc(-c2nsc(NC(=O)c3ccc(Oc4cccnc4)cc3)n2)c1. The van der Waals surface area contributed by atoms with E-state index >= 15 is 0 Å². The Labute approximate surface area is 171 Å². The Kier molecular flexibility index (Phi) is 5.44. The van der Waals surface area contributed by atoms with Crippen LogP contribution >= 0.6 is 11.5 Å². The van der Waals surface area contributed by atoms with Crippen molar-refractivity contribution in [3.05, 3.63) is 78.6 Å². The molecule has 0 radical (unpaired) electrons.